The molecule has 0 unspecified atom stereocenters. The lowest BCUT2D eigenvalue weighted by Gasteiger charge is -2.25. The topological polar surface area (TPSA) is 121 Å². The maximum absolute atomic E-state index is 13.7. The SMILES string of the molecule is CS(=O)(=O)CC[C@@H](C(=O)Nc1ccc(C(=O)O)cc1)N1C(=O)/C(=C/c2cc(-c3ccc(F)c(F)c3)cs2)SC1=S. The number of carbonyl (C=O) groups excluding carboxylic acids is 2. The number of carboxylic acids is 1. The number of thiophene rings is 1. The molecular weight excluding hydrogens is 603 g/mol. The first-order valence-corrected chi connectivity index (χ1v) is 15.6. The van der Waals surface area contributed by atoms with E-state index in [1.807, 2.05) is 0 Å². The van der Waals surface area contributed by atoms with Crippen molar-refractivity contribution in [1.82, 2.24) is 4.90 Å². The van der Waals surface area contributed by atoms with Gasteiger partial charge in [-0.2, -0.15) is 0 Å². The van der Waals surface area contributed by atoms with E-state index in [2.05, 4.69) is 5.32 Å². The molecule has 4 rings (SSSR count). The number of halogens is 2. The quantitative estimate of drug-likeness (QED) is 0.252. The molecule has 0 radical (unpaired) electrons. The molecule has 0 saturated carbocycles. The monoisotopic (exact) mass is 622 g/mol. The van der Waals surface area contributed by atoms with Crippen molar-refractivity contribution in [1.29, 1.82) is 0 Å². The summed E-state index contributed by atoms with van der Waals surface area (Å²) in [6, 6.07) is 9.30. The minimum atomic E-state index is -3.49. The van der Waals surface area contributed by atoms with Crippen LogP contribution in [0.15, 0.2) is 58.8 Å². The highest BCUT2D eigenvalue weighted by molar-refractivity contribution is 8.26. The first-order chi connectivity index (χ1) is 18.8. The van der Waals surface area contributed by atoms with Crippen molar-refractivity contribution in [2.24, 2.45) is 0 Å². The molecule has 0 bridgehead atoms. The van der Waals surface area contributed by atoms with Crippen molar-refractivity contribution in [3.05, 3.63) is 80.9 Å². The Kier molecular flexibility index (Phi) is 8.83. The number of benzene rings is 2. The van der Waals surface area contributed by atoms with E-state index >= 15 is 0 Å². The van der Waals surface area contributed by atoms with E-state index in [1.165, 1.54) is 41.7 Å². The Bertz CT molecular complexity index is 1650. The molecule has 2 heterocycles. The number of aromatic carboxylic acids is 1. The average Bonchev–Trinajstić information content (AvgIpc) is 3.45. The van der Waals surface area contributed by atoms with E-state index in [0.717, 1.165) is 35.1 Å². The number of thiocarbonyl (C=S) groups is 1. The second-order valence-electron chi connectivity index (χ2n) is 8.72. The molecule has 2 amide bonds. The number of anilines is 1. The van der Waals surface area contributed by atoms with Gasteiger partial charge in [0.15, 0.2) is 11.6 Å². The molecule has 1 atom stereocenters. The highest BCUT2D eigenvalue weighted by atomic mass is 32.2. The van der Waals surface area contributed by atoms with Crippen molar-refractivity contribution < 1.29 is 36.7 Å². The number of thioether (sulfide) groups is 1. The van der Waals surface area contributed by atoms with Gasteiger partial charge in [0.2, 0.25) is 5.91 Å². The third-order valence-corrected chi connectivity index (χ3v) is 8.93. The van der Waals surface area contributed by atoms with Crippen LogP contribution in [0.3, 0.4) is 0 Å². The van der Waals surface area contributed by atoms with E-state index in [4.69, 9.17) is 17.3 Å². The molecule has 40 heavy (non-hydrogen) atoms. The smallest absolute Gasteiger partial charge is 0.335 e. The van der Waals surface area contributed by atoms with Crippen LogP contribution in [-0.4, -0.2) is 58.6 Å². The zero-order valence-electron chi connectivity index (χ0n) is 20.6. The molecule has 1 saturated heterocycles. The van der Waals surface area contributed by atoms with Crippen molar-refractivity contribution in [3.8, 4) is 11.1 Å². The fraction of sp³-hybridized carbons (Fsp3) is 0.154. The minimum absolute atomic E-state index is 0.00926. The predicted octanol–water partition coefficient (Wildman–Crippen LogP) is 5.03. The van der Waals surface area contributed by atoms with E-state index in [9.17, 15) is 31.6 Å². The second kappa shape index (κ2) is 12.0. The molecule has 0 aliphatic carbocycles. The summed E-state index contributed by atoms with van der Waals surface area (Å²) < 4.78 is 50.8. The highest BCUT2D eigenvalue weighted by Crippen LogP contribution is 2.37. The van der Waals surface area contributed by atoms with Gasteiger partial charge in [0.05, 0.1) is 16.2 Å². The zero-order chi connectivity index (χ0) is 29.2. The van der Waals surface area contributed by atoms with Gasteiger partial charge in [0.1, 0.15) is 20.2 Å². The maximum Gasteiger partial charge on any atom is 0.335 e. The van der Waals surface area contributed by atoms with Crippen molar-refractivity contribution in [2.75, 3.05) is 17.3 Å². The first-order valence-electron chi connectivity index (χ1n) is 11.5. The van der Waals surface area contributed by atoms with Gasteiger partial charge in [0.25, 0.3) is 5.91 Å². The van der Waals surface area contributed by atoms with Gasteiger partial charge in [-0.15, -0.1) is 11.3 Å². The Balaban J connectivity index is 1.57. The van der Waals surface area contributed by atoms with Crippen LogP contribution in [0.25, 0.3) is 17.2 Å². The fourth-order valence-corrected chi connectivity index (χ4v) is 6.68. The standard InChI is InChI=1S/C26H20F2N2O6S4/c1-40(35,36)9-8-21(23(31)29-17-5-2-14(3-6-17)25(33)34)30-24(32)22(39-26(30)37)12-18-10-16(13-38-18)15-4-7-19(27)20(28)11-15/h2-7,10-13,21H,8-9H2,1H3,(H,29,31)(H,33,34)/b22-12-/t21-/m0/s1. The van der Waals surface area contributed by atoms with Crippen LogP contribution in [0, 0.1) is 11.6 Å². The van der Waals surface area contributed by atoms with E-state index < -0.39 is 45.3 Å². The predicted molar refractivity (Wildman–Crippen MR) is 155 cm³/mol. The van der Waals surface area contributed by atoms with Crippen molar-refractivity contribution in [2.45, 2.75) is 12.5 Å². The van der Waals surface area contributed by atoms with Gasteiger partial charge in [0, 0.05) is 16.8 Å². The molecule has 1 aliphatic rings. The summed E-state index contributed by atoms with van der Waals surface area (Å²) in [6.07, 6.45) is 2.35. The molecule has 2 N–H and O–H groups in total. The second-order valence-corrected chi connectivity index (χ2v) is 13.6. The number of hydrogen-bond acceptors (Lipinski definition) is 8. The summed E-state index contributed by atoms with van der Waals surface area (Å²) in [5.74, 6) is -4.76. The molecule has 1 aliphatic heterocycles. The summed E-state index contributed by atoms with van der Waals surface area (Å²) in [5, 5.41) is 13.4. The fourth-order valence-electron chi connectivity index (χ4n) is 3.76. The van der Waals surface area contributed by atoms with Crippen molar-refractivity contribution >= 4 is 79.0 Å². The lowest BCUT2D eigenvalue weighted by Crippen LogP contribution is -2.47. The highest BCUT2D eigenvalue weighted by Gasteiger charge is 2.40. The third kappa shape index (κ3) is 6.99. The van der Waals surface area contributed by atoms with Crippen LogP contribution in [0.4, 0.5) is 14.5 Å². The lowest BCUT2D eigenvalue weighted by molar-refractivity contribution is -0.130. The molecule has 1 fully saturated rings. The molecule has 2 aromatic carbocycles. The molecule has 208 valence electrons. The van der Waals surface area contributed by atoms with Gasteiger partial charge in [-0.3, -0.25) is 14.5 Å². The number of rotatable bonds is 9. The summed E-state index contributed by atoms with van der Waals surface area (Å²) in [6.45, 7) is 0. The van der Waals surface area contributed by atoms with Gasteiger partial charge in [-0.05, 0) is 71.5 Å². The number of carbonyl (C=O) groups is 3. The lowest BCUT2D eigenvalue weighted by atomic mass is 10.1. The van der Waals surface area contributed by atoms with E-state index in [1.54, 1.807) is 17.5 Å². The average molecular weight is 623 g/mol. The van der Waals surface area contributed by atoms with Crippen LogP contribution < -0.4 is 5.32 Å². The molecular formula is C26H20F2N2O6S4. The zero-order valence-corrected chi connectivity index (χ0v) is 23.9. The number of nitrogens with one attached hydrogen (secondary N) is 1. The van der Waals surface area contributed by atoms with Crippen LogP contribution >= 0.6 is 35.3 Å². The van der Waals surface area contributed by atoms with Gasteiger partial charge in [-0.25, -0.2) is 22.0 Å². The third-order valence-electron chi connectivity index (χ3n) is 5.75. The minimum Gasteiger partial charge on any atom is -0.478 e. The summed E-state index contributed by atoms with van der Waals surface area (Å²) in [4.78, 5) is 39.6. The molecule has 0 spiro atoms. The van der Waals surface area contributed by atoms with E-state index in [-0.39, 0.29) is 32.7 Å². The number of amides is 2. The van der Waals surface area contributed by atoms with E-state index in [0.29, 0.717) is 16.0 Å². The molecule has 14 heteroatoms. The van der Waals surface area contributed by atoms with Gasteiger partial charge in [-0.1, -0.05) is 30.0 Å². The van der Waals surface area contributed by atoms with Crippen LogP contribution in [-0.2, 0) is 19.4 Å². The number of hydrogen-bond donors (Lipinski definition) is 2. The first kappa shape index (κ1) is 29.5. The molecule has 3 aromatic rings. The number of nitrogens with zero attached hydrogens (tertiary/aromatic N) is 1. The summed E-state index contributed by atoms with van der Waals surface area (Å²) >= 11 is 7.60. The molecule has 8 nitrogen and oxygen atoms in total. The Labute approximate surface area is 241 Å². The molecule has 1 aromatic heterocycles. The van der Waals surface area contributed by atoms with Gasteiger partial charge < -0.3 is 10.4 Å². The summed E-state index contributed by atoms with van der Waals surface area (Å²) in [7, 11) is -3.49. The summed E-state index contributed by atoms with van der Waals surface area (Å²) in [5.41, 5.74) is 1.33. The van der Waals surface area contributed by atoms with Gasteiger partial charge >= 0.3 is 5.97 Å². The Morgan fingerprint density at radius 3 is 2.42 bits per heavy atom. The van der Waals surface area contributed by atoms with Crippen LogP contribution in [0.5, 0.6) is 0 Å². The maximum atomic E-state index is 13.7. The Morgan fingerprint density at radius 1 is 1.10 bits per heavy atom. The van der Waals surface area contributed by atoms with Crippen LogP contribution in [0.2, 0.25) is 0 Å². The largest absolute Gasteiger partial charge is 0.478 e. The normalized spacial score (nSPS) is 15.5. The van der Waals surface area contributed by atoms with Crippen molar-refractivity contribution in [3.63, 3.8) is 0 Å². The Hall–Kier alpha value is -3.46. The van der Waals surface area contributed by atoms with Crippen LogP contribution in [0.1, 0.15) is 21.7 Å². The number of sulfone groups is 1. The number of carboxylic acid groups (broad SMARTS) is 1. The Morgan fingerprint density at radius 2 is 1.80 bits per heavy atom.